The Morgan fingerprint density at radius 2 is 1.58 bits per heavy atom. The van der Waals surface area contributed by atoms with E-state index < -0.39 is 23.7 Å². The Morgan fingerprint density at radius 3 is 2.33 bits per heavy atom. The van der Waals surface area contributed by atoms with Crippen molar-refractivity contribution in [3.05, 3.63) is 114 Å². The predicted molar refractivity (Wildman–Crippen MR) is 124 cm³/mol. The fourth-order valence-corrected chi connectivity index (χ4v) is 3.52. The number of halogens is 1. The molecule has 0 aliphatic rings. The van der Waals surface area contributed by atoms with Crippen molar-refractivity contribution in [2.45, 2.75) is 19.1 Å². The number of hydrogen-bond acceptors (Lipinski definition) is 3. The highest BCUT2D eigenvalue weighted by Crippen LogP contribution is 2.23. The highest BCUT2D eigenvalue weighted by Gasteiger charge is 2.22. The summed E-state index contributed by atoms with van der Waals surface area (Å²) in [5.41, 5.74) is 1.61. The number of ether oxygens (including phenoxy) is 1. The zero-order valence-electron chi connectivity index (χ0n) is 17.7. The van der Waals surface area contributed by atoms with Crippen LogP contribution in [0.4, 0.5) is 4.39 Å². The zero-order valence-corrected chi connectivity index (χ0v) is 17.7. The smallest absolute Gasteiger partial charge is 0.326 e. The molecule has 4 aromatic carbocycles. The summed E-state index contributed by atoms with van der Waals surface area (Å²) in [6.07, 6.45) is -0.149. The third-order valence-corrected chi connectivity index (χ3v) is 5.31. The molecule has 0 saturated carbocycles. The maximum Gasteiger partial charge on any atom is 0.326 e. The van der Waals surface area contributed by atoms with Crippen molar-refractivity contribution in [3.8, 4) is 5.75 Å². The fraction of sp³-hybridized carbons (Fsp3) is 0.111. The molecule has 4 aromatic rings. The molecule has 1 atom stereocenters. The molecule has 0 fully saturated rings. The third-order valence-electron chi connectivity index (χ3n) is 5.31. The van der Waals surface area contributed by atoms with Gasteiger partial charge in [-0.3, -0.25) is 4.79 Å². The normalized spacial score (nSPS) is 11.7. The minimum absolute atomic E-state index is 0.149. The number of hydrogen-bond donors (Lipinski definition) is 2. The number of fused-ring (bicyclic) bond motifs is 1. The van der Waals surface area contributed by atoms with Crippen LogP contribution in [0.5, 0.6) is 5.75 Å². The van der Waals surface area contributed by atoms with Crippen LogP contribution >= 0.6 is 0 Å². The van der Waals surface area contributed by atoms with E-state index in [4.69, 9.17) is 4.74 Å². The van der Waals surface area contributed by atoms with Gasteiger partial charge in [-0.25, -0.2) is 9.18 Å². The van der Waals surface area contributed by atoms with Crippen LogP contribution in [-0.2, 0) is 17.8 Å². The fourth-order valence-electron chi connectivity index (χ4n) is 3.52. The Labute approximate surface area is 190 Å². The summed E-state index contributed by atoms with van der Waals surface area (Å²) in [7, 11) is 0. The quantitative estimate of drug-likeness (QED) is 0.403. The van der Waals surface area contributed by atoms with Crippen LogP contribution in [0.15, 0.2) is 91.0 Å². The van der Waals surface area contributed by atoms with Crippen molar-refractivity contribution in [3.63, 3.8) is 0 Å². The minimum atomic E-state index is -1.25. The Kier molecular flexibility index (Phi) is 6.64. The lowest BCUT2D eigenvalue weighted by Gasteiger charge is -2.15. The van der Waals surface area contributed by atoms with Crippen molar-refractivity contribution >= 4 is 22.6 Å². The van der Waals surface area contributed by atoms with Crippen molar-refractivity contribution in [1.29, 1.82) is 0 Å². The molecular formula is C27H22FNO4. The van der Waals surface area contributed by atoms with E-state index in [0.29, 0.717) is 17.9 Å². The number of carbonyl (C=O) groups is 2. The number of carboxylic acids is 1. The van der Waals surface area contributed by atoms with E-state index in [2.05, 4.69) is 5.32 Å². The van der Waals surface area contributed by atoms with Gasteiger partial charge in [0.15, 0.2) is 0 Å². The van der Waals surface area contributed by atoms with E-state index in [1.807, 2.05) is 48.5 Å². The van der Waals surface area contributed by atoms with E-state index in [-0.39, 0.29) is 12.0 Å². The van der Waals surface area contributed by atoms with Crippen LogP contribution in [0.25, 0.3) is 10.8 Å². The summed E-state index contributed by atoms with van der Waals surface area (Å²) in [6, 6.07) is 25.2. The van der Waals surface area contributed by atoms with Crippen molar-refractivity contribution < 1.29 is 23.8 Å². The molecule has 33 heavy (non-hydrogen) atoms. The van der Waals surface area contributed by atoms with Crippen molar-refractivity contribution in [1.82, 2.24) is 5.32 Å². The van der Waals surface area contributed by atoms with Gasteiger partial charge < -0.3 is 15.2 Å². The van der Waals surface area contributed by atoms with Gasteiger partial charge >= 0.3 is 5.97 Å². The largest absolute Gasteiger partial charge is 0.489 e. The Bertz CT molecular complexity index is 1290. The van der Waals surface area contributed by atoms with Gasteiger partial charge in [0.1, 0.15) is 24.2 Å². The first-order valence-corrected chi connectivity index (χ1v) is 10.5. The van der Waals surface area contributed by atoms with E-state index in [9.17, 15) is 19.1 Å². The first-order valence-electron chi connectivity index (χ1n) is 10.5. The zero-order chi connectivity index (χ0) is 23.2. The number of nitrogens with one attached hydrogen (secondary N) is 1. The first-order chi connectivity index (χ1) is 16.0. The highest BCUT2D eigenvalue weighted by atomic mass is 19.1. The third kappa shape index (κ3) is 5.54. The second kappa shape index (κ2) is 9.96. The molecular weight excluding hydrogens is 421 g/mol. The van der Waals surface area contributed by atoms with Crippen LogP contribution in [0.2, 0.25) is 0 Å². The van der Waals surface area contributed by atoms with Crippen LogP contribution in [0.1, 0.15) is 21.5 Å². The van der Waals surface area contributed by atoms with Gasteiger partial charge in [-0.2, -0.15) is 0 Å². The number of rotatable bonds is 8. The number of carboxylic acid groups (broad SMARTS) is 1. The lowest BCUT2D eigenvalue weighted by Crippen LogP contribution is -2.42. The number of amides is 1. The standard InChI is InChI=1S/C27H22FNO4/c28-24-9-5-4-8-21(24)16-25(27(31)32)29-26(30)22-11-10-20-15-23(13-12-19(20)14-22)33-17-18-6-2-1-3-7-18/h1-15,25H,16-17H2,(H,29,30)(H,31,32)/t25-/m0/s1. The molecule has 0 aliphatic heterocycles. The first kappa shape index (κ1) is 22.0. The van der Waals surface area contributed by atoms with Crippen LogP contribution in [0.3, 0.4) is 0 Å². The molecule has 1 amide bonds. The van der Waals surface area contributed by atoms with Crippen molar-refractivity contribution in [2.75, 3.05) is 0 Å². The number of carbonyl (C=O) groups excluding carboxylic acids is 1. The average molecular weight is 443 g/mol. The maximum absolute atomic E-state index is 13.9. The van der Waals surface area contributed by atoms with Gasteiger partial charge in [-0.1, -0.05) is 60.7 Å². The maximum atomic E-state index is 13.9. The van der Waals surface area contributed by atoms with E-state index >= 15 is 0 Å². The molecule has 0 aromatic heterocycles. The Balaban J connectivity index is 1.46. The summed E-state index contributed by atoms with van der Waals surface area (Å²) in [5.74, 6) is -1.56. The highest BCUT2D eigenvalue weighted by molar-refractivity contribution is 6.00. The van der Waals surface area contributed by atoms with Crippen molar-refractivity contribution in [2.24, 2.45) is 0 Å². The van der Waals surface area contributed by atoms with E-state index in [1.54, 1.807) is 24.3 Å². The van der Waals surface area contributed by atoms with Crippen LogP contribution in [0, 0.1) is 5.82 Å². The molecule has 0 heterocycles. The summed E-state index contributed by atoms with van der Waals surface area (Å²) in [4.78, 5) is 24.4. The lowest BCUT2D eigenvalue weighted by molar-refractivity contribution is -0.139. The topological polar surface area (TPSA) is 75.6 Å². The minimum Gasteiger partial charge on any atom is -0.489 e. The van der Waals surface area contributed by atoms with E-state index in [1.165, 1.54) is 18.2 Å². The summed E-state index contributed by atoms with van der Waals surface area (Å²) >= 11 is 0. The van der Waals surface area contributed by atoms with Crippen LogP contribution in [-0.4, -0.2) is 23.0 Å². The Morgan fingerprint density at radius 1 is 0.879 bits per heavy atom. The lowest BCUT2D eigenvalue weighted by atomic mass is 10.0. The molecule has 5 nitrogen and oxygen atoms in total. The van der Waals surface area contributed by atoms with Gasteiger partial charge in [0.25, 0.3) is 5.91 Å². The van der Waals surface area contributed by atoms with Gasteiger partial charge in [-0.15, -0.1) is 0 Å². The monoisotopic (exact) mass is 443 g/mol. The molecule has 0 radical (unpaired) electrons. The number of aliphatic carboxylic acids is 1. The molecule has 0 bridgehead atoms. The molecule has 2 N–H and O–H groups in total. The number of benzene rings is 4. The molecule has 0 spiro atoms. The second-order valence-corrected chi connectivity index (χ2v) is 7.66. The van der Waals surface area contributed by atoms with E-state index in [0.717, 1.165) is 16.3 Å². The van der Waals surface area contributed by atoms with Gasteiger partial charge in [-0.05, 0) is 52.2 Å². The molecule has 0 aliphatic carbocycles. The summed E-state index contributed by atoms with van der Waals surface area (Å²) < 4.78 is 19.8. The Hall–Kier alpha value is -4.19. The van der Waals surface area contributed by atoms with Gasteiger partial charge in [0.05, 0.1) is 0 Å². The average Bonchev–Trinajstić information content (AvgIpc) is 2.83. The summed E-state index contributed by atoms with van der Waals surface area (Å²) in [6.45, 7) is 0.450. The molecule has 0 saturated heterocycles. The predicted octanol–water partition coefficient (Wildman–Crippen LogP) is 4.98. The second-order valence-electron chi connectivity index (χ2n) is 7.66. The summed E-state index contributed by atoms with van der Waals surface area (Å²) in [5, 5.41) is 13.7. The SMILES string of the molecule is O=C(N[C@@H](Cc1ccccc1F)C(=O)O)c1ccc2cc(OCc3ccccc3)ccc2c1. The van der Waals surface area contributed by atoms with Gasteiger partial charge in [0, 0.05) is 12.0 Å². The molecule has 4 rings (SSSR count). The molecule has 6 heteroatoms. The van der Waals surface area contributed by atoms with Crippen LogP contribution < -0.4 is 10.1 Å². The van der Waals surface area contributed by atoms with Gasteiger partial charge in [0.2, 0.25) is 0 Å². The molecule has 166 valence electrons. The molecule has 0 unspecified atom stereocenters.